The van der Waals surface area contributed by atoms with Gasteiger partial charge in [-0.3, -0.25) is 9.59 Å². The van der Waals surface area contributed by atoms with Crippen LogP contribution in [0.5, 0.6) is 0 Å². The molecule has 0 aliphatic heterocycles. The third-order valence-electron chi connectivity index (χ3n) is 2.34. The molecule has 2 N–H and O–H groups in total. The van der Waals surface area contributed by atoms with Crippen LogP contribution in [0.15, 0.2) is 24.3 Å². The molecule has 0 saturated carbocycles. The van der Waals surface area contributed by atoms with Crippen LogP contribution in [0.25, 0.3) is 0 Å². The van der Waals surface area contributed by atoms with Gasteiger partial charge in [0.1, 0.15) is 5.82 Å². The van der Waals surface area contributed by atoms with Crippen molar-refractivity contribution in [3.63, 3.8) is 0 Å². The minimum atomic E-state index is -1.21. The van der Waals surface area contributed by atoms with Crippen LogP contribution in [0.1, 0.15) is 24.8 Å². The smallest absolute Gasteiger partial charge is 0.311 e. The lowest BCUT2D eigenvalue weighted by atomic mass is 9.95. The van der Waals surface area contributed by atoms with Gasteiger partial charge in [-0.2, -0.15) is 0 Å². The largest absolute Gasteiger partial charge is 0.481 e. The quantitative estimate of drug-likeness (QED) is 0.818. The van der Waals surface area contributed by atoms with Crippen LogP contribution in [-0.4, -0.2) is 23.5 Å². The molecule has 0 spiro atoms. The summed E-state index contributed by atoms with van der Waals surface area (Å²) < 4.78 is 13.4. The summed E-state index contributed by atoms with van der Waals surface area (Å²) in [5.41, 5.74) is 0.0336. The molecule has 0 saturated heterocycles. The first-order valence-electron chi connectivity index (χ1n) is 5.30. The Balaban J connectivity index is 2.91. The topological polar surface area (TPSA) is 66.4 Å². The first-order chi connectivity index (χ1) is 8.06. The number of halogens is 1. The van der Waals surface area contributed by atoms with Gasteiger partial charge in [-0.1, -0.05) is 18.2 Å². The molecule has 17 heavy (non-hydrogen) atoms. The molecule has 1 rings (SSSR count). The van der Waals surface area contributed by atoms with E-state index in [2.05, 4.69) is 5.32 Å². The Morgan fingerprint density at radius 3 is 2.59 bits per heavy atom. The van der Waals surface area contributed by atoms with Gasteiger partial charge in [-0.15, -0.1) is 0 Å². The fourth-order valence-electron chi connectivity index (χ4n) is 1.54. The highest BCUT2D eigenvalue weighted by Gasteiger charge is 2.25. The summed E-state index contributed by atoms with van der Waals surface area (Å²) in [6, 6.07) is 5.59. The van der Waals surface area contributed by atoms with Gasteiger partial charge in [0.25, 0.3) is 0 Å². The normalized spacial score (nSPS) is 11.9. The van der Waals surface area contributed by atoms with Crippen LogP contribution >= 0.6 is 0 Å². The minimum Gasteiger partial charge on any atom is -0.481 e. The van der Waals surface area contributed by atoms with Gasteiger partial charge in [-0.25, -0.2) is 4.39 Å². The SMILES string of the molecule is CCNC(=O)CC(C(=O)O)c1ccccc1F. The number of hydrogen-bond donors (Lipinski definition) is 2. The second-order valence-electron chi connectivity index (χ2n) is 3.57. The van der Waals surface area contributed by atoms with Crippen molar-refractivity contribution in [2.45, 2.75) is 19.3 Å². The van der Waals surface area contributed by atoms with Crippen molar-refractivity contribution in [2.75, 3.05) is 6.54 Å². The van der Waals surface area contributed by atoms with Gasteiger partial charge in [0, 0.05) is 18.5 Å². The average Bonchev–Trinajstić information content (AvgIpc) is 2.27. The molecule has 0 aliphatic rings. The Bertz CT molecular complexity index is 420. The third-order valence-corrected chi connectivity index (χ3v) is 2.34. The molecule has 0 aliphatic carbocycles. The van der Waals surface area contributed by atoms with Crippen LogP contribution in [0.2, 0.25) is 0 Å². The van der Waals surface area contributed by atoms with Crippen molar-refractivity contribution in [1.82, 2.24) is 5.32 Å². The molecule has 1 amide bonds. The summed E-state index contributed by atoms with van der Waals surface area (Å²) in [5, 5.41) is 11.5. The van der Waals surface area contributed by atoms with Crippen molar-refractivity contribution in [3.8, 4) is 0 Å². The Hall–Kier alpha value is -1.91. The Labute approximate surface area is 98.5 Å². The van der Waals surface area contributed by atoms with Gasteiger partial charge >= 0.3 is 5.97 Å². The van der Waals surface area contributed by atoms with Crippen molar-refractivity contribution >= 4 is 11.9 Å². The van der Waals surface area contributed by atoms with Gasteiger partial charge in [0.15, 0.2) is 0 Å². The number of benzene rings is 1. The first kappa shape index (κ1) is 13.2. The fourth-order valence-corrected chi connectivity index (χ4v) is 1.54. The van der Waals surface area contributed by atoms with Crippen LogP contribution < -0.4 is 5.32 Å². The number of rotatable bonds is 5. The second kappa shape index (κ2) is 5.98. The highest BCUT2D eigenvalue weighted by molar-refractivity contribution is 5.85. The maximum Gasteiger partial charge on any atom is 0.311 e. The molecule has 1 atom stereocenters. The molecule has 0 fully saturated rings. The van der Waals surface area contributed by atoms with Crippen LogP contribution in [0.4, 0.5) is 4.39 Å². The van der Waals surface area contributed by atoms with E-state index < -0.39 is 23.6 Å². The minimum absolute atomic E-state index is 0.0336. The molecule has 4 nitrogen and oxygen atoms in total. The number of carboxylic acids is 1. The van der Waals surface area contributed by atoms with E-state index in [1.54, 1.807) is 13.0 Å². The molecular formula is C12H14FNO3. The number of hydrogen-bond acceptors (Lipinski definition) is 2. The Morgan fingerprint density at radius 1 is 1.41 bits per heavy atom. The molecule has 0 bridgehead atoms. The van der Waals surface area contributed by atoms with E-state index in [9.17, 15) is 14.0 Å². The number of amides is 1. The monoisotopic (exact) mass is 239 g/mol. The Morgan fingerprint density at radius 2 is 2.06 bits per heavy atom. The molecular weight excluding hydrogens is 225 g/mol. The zero-order valence-electron chi connectivity index (χ0n) is 9.44. The number of aliphatic carboxylic acids is 1. The van der Waals surface area contributed by atoms with E-state index in [1.165, 1.54) is 18.2 Å². The lowest BCUT2D eigenvalue weighted by Crippen LogP contribution is -2.27. The molecule has 92 valence electrons. The molecule has 1 unspecified atom stereocenters. The highest BCUT2D eigenvalue weighted by Crippen LogP contribution is 2.22. The predicted octanol–water partition coefficient (Wildman–Crippen LogP) is 1.52. The molecule has 0 heterocycles. The van der Waals surface area contributed by atoms with E-state index in [0.717, 1.165) is 0 Å². The maximum atomic E-state index is 13.4. The summed E-state index contributed by atoms with van der Waals surface area (Å²) in [5.74, 6) is -3.36. The molecule has 1 aromatic carbocycles. The molecule has 0 radical (unpaired) electrons. The number of carbonyl (C=O) groups is 2. The van der Waals surface area contributed by atoms with Crippen LogP contribution in [-0.2, 0) is 9.59 Å². The van der Waals surface area contributed by atoms with Crippen molar-refractivity contribution in [1.29, 1.82) is 0 Å². The fraction of sp³-hybridized carbons (Fsp3) is 0.333. The average molecular weight is 239 g/mol. The Kier molecular flexibility index (Phi) is 4.63. The van der Waals surface area contributed by atoms with E-state index in [0.29, 0.717) is 6.54 Å². The zero-order chi connectivity index (χ0) is 12.8. The lowest BCUT2D eigenvalue weighted by molar-refractivity contribution is -0.140. The standard InChI is InChI=1S/C12H14FNO3/c1-2-14-11(15)7-9(12(16)17)8-5-3-4-6-10(8)13/h3-6,9H,2,7H2,1H3,(H,14,15)(H,16,17). The van der Waals surface area contributed by atoms with Crippen molar-refractivity contribution in [2.24, 2.45) is 0 Å². The van der Waals surface area contributed by atoms with Crippen LogP contribution in [0.3, 0.4) is 0 Å². The zero-order valence-corrected chi connectivity index (χ0v) is 9.44. The van der Waals surface area contributed by atoms with E-state index >= 15 is 0 Å². The summed E-state index contributed by atoms with van der Waals surface area (Å²) in [4.78, 5) is 22.4. The van der Waals surface area contributed by atoms with E-state index in [4.69, 9.17) is 5.11 Å². The molecule has 0 aromatic heterocycles. The predicted molar refractivity (Wildman–Crippen MR) is 60.1 cm³/mol. The molecule has 5 heteroatoms. The van der Waals surface area contributed by atoms with Gasteiger partial charge < -0.3 is 10.4 Å². The summed E-state index contributed by atoms with van der Waals surface area (Å²) in [6.45, 7) is 2.15. The van der Waals surface area contributed by atoms with Crippen molar-refractivity contribution < 1.29 is 19.1 Å². The number of carboxylic acid groups (broad SMARTS) is 1. The van der Waals surface area contributed by atoms with Crippen molar-refractivity contribution in [3.05, 3.63) is 35.6 Å². The van der Waals surface area contributed by atoms with Crippen LogP contribution in [0, 0.1) is 5.82 Å². The van der Waals surface area contributed by atoms with Gasteiger partial charge in [-0.05, 0) is 13.0 Å². The first-order valence-corrected chi connectivity index (χ1v) is 5.30. The lowest BCUT2D eigenvalue weighted by Gasteiger charge is -2.13. The maximum absolute atomic E-state index is 13.4. The summed E-state index contributed by atoms with van der Waals surface area (Å²) in [6.07, 6.45) is -0.260. The van der Waals surface area contributed by atoms with E-state index in [-0.39, 0.29) is 12.0 Å². The number of carbonyl (C=O) groups excluding carboxylic acids is 1. The summed E-state index contributed by atoms with van der Waals surface area (Å²) in [7, 11) is 0. The van der Waals surface area contributed by atoms with Gasteiger partial charge in [0.2, 0.25) is 5.91 Å². The van der Waals surface area contributed by atoms with Gasteiger partial charge in [0.05, 0.1) is 5.92 Å². The third kappa shape index (κ3) is 3.55. The number of nitrogens with one attached hydrogen (secondary N) is 1. The van der Waals surface area contributed by atoms with E-state index in [1.807, 2.05) is 0 Å². The highest BCUT2D eigenvalue weighted by atomic mass is 19.1. The second-order valence-corrected chi connectivity index (χ2v) is 3.57. The molecule has 1 aromatic rings. The summed E-state index contributed by atoms with van der Waals surface area (Å²) >= 11 is 0.